The van der Waals surface area contributed by atoms with Crippen LogP contribution in [0.4, 0.5) is 4.39 Å². The Bertz CT molecular complexity index is 475. The number of halogens is 1. The predicted molar refractivity (Wildman–Crippen MR) is 81.5 cm³/mol. The van der Waals surface area contributed by atoms with Gasteiger partial charge in [0.2, 0.25) is 5.91 Å². The van der Waals surface area contributed by atoms with Gasteiger partial charge in [0.05, 0.1) is 0 Å². The van der Waals surface area contributed by atoms with Gasteiger partial charge >= 0.3 is 0 Å². The molecule has 0 spiro atoms. The fourth-order valence-corrected chi connectivity index (χ4v) is 2.97. The lowest BCUT2D eigenvalue weighted by Crippen LogP contribution is -2.58. The van der Waals surface area contributed by atoms with E-state index in [0.717, 1.165) is 25.1 Å². The van der Waals surface area contributed by atoms with Gasteiger partial charge in [-0.2, -0.15) is 0 Å². The lowest BCUT2D eigenvalue weighted by atomic mass is 9.99. The monoisotopic (exact) mass is 293 g/mol. The second-order valence-corrected chi connectivity index (χ2v) is 5.67. The highest BCUT2D eigenvalue weighted by atomic mass is 19.1. The van der Waals surface area contributed by atoms with Crippen molar-refractivity contribution >= 4 is 5.91 Å². The first kappa shape index (κ1) is 15.9. The first-order chi connectivity index (χ1) is 10.0. The molecule has 0 aliphatic carbocycles. The van der Waals surface area contributed by atoms with Crippen LogP contribution in [0.1, 0.15) is 24.9 Å². The normalized spacial score (nSPS) is 21.0. The Morgan fingerprint density at radius 2 is 2.10 bits per heavy atom. The van der Waals surface area contributed by atoms with Crippen LogP contribution in [0.2, 0.25) is 0 Å². The number of hydrogen-bond acceptors (Lipinski definition) is 3. The fourth-order valence-electron chi connectivity index (χ4n) is 2.97. The number of rotatable bonds is 4. The molecule has 2 atom stereocenters. The van der Waals surface area contributed by atoms with Crippen molar-refractivity contribution < 1.29 is 9.18 Å². The molecule has 2 unspecified atom stereocenters. The largest absolute Gasteiger partial charge is 0.347 e. The van der Waals surface area contributed by atoms with Crippen LogP contribution in [0.15, 0.2) is 24.3 Å². The van der Waals surface area contributed by atoms with E-state index < -0.39 is 0 Å². The lowest BCUT2D eigenvalue weighted by molar-refractivity contribution is -0.136. The Morgan fingerprint density at radius 3 is 2.67 bits per heavy atom. The molecule has 4 nitrogen and oxygen atoms in total. The summed E-state index contributed by atoms with van der Waals surface area (Å²) in [4.78, 5) is 16.3. The van der Waals surface area contributed by atoms with E-state index in [-0.39, 0.29) is 23.8 Å². The summed E-state index contributed by atoms with van der Waals surface area (Å²) in [6, 6.07) is 6.60. The van der Waals surface area contributed by atoms with Crippen LogP contribution in [0.25, 0.3) is 0 Å². The number of piperazine rings is 1. The van der Waals surface area contributed by atoms with Gasteiger partial charge < -0.3 is 10.2 Å². The van der Waals surface area contributed by atoms with Gasteiger partial charge in [0, 0.05) is 39.8 Å². The summed E-state index contributed by atoms with van der Waals surface area (Å²) in [6.07, 6.45) is 0.892. The van der Waals surface area contributed by atoms with Gasteiger partial charge in [-0.1, -0.05) is 19.1 Å². The molecule has 1 N–H and O–H groups in total. The summed E-state index contributed by atoms with van der Waals surface area (Å²) < 4.78 is 13.1. The number of likely N-dealkylation sites (N-methyl/N-ethyl adjacent to an activating group) is 1. The summed E-state index contributed by atoms with van der Waals surface area (Å²) in [7, 11) is 3.57. The van der Waals surface area contributed by atoms with E-state index in [1.807, 2.05) is 12.1 Å². The van der Waals surface area contributed by atoms with Gasteiger partial charge in [0.15, 0.2) is 0 Å². The van der Waals surface area contributed by atoms with Gasteiger partial charge in [0.25, 0.3) is 0 Å². The number of carbonyl (C=O) groups excluding carboxylic acids is 1. The predicted octanol–water partition coefficient (Wildman–Crippen LogP) is 1.64. The standard InChI is InChI=1S/C16H24FN3O/c1-4-14(12-5-7-13(17)8-6-12)20-10-9-18-11-15(20)16(21)19(2)3/h5-8,14-15,18H,4,9-11H2,1-3H3. The second kappa shape index (κ2) is 7.00. The van der Waals surface area contributed by atoms with Crippen LogP contribution < -0.4 is 5.32 Å². The molecule has 0 radical (unpaired) electrons. The van der Waals surface area contributed by atoms with Crippen LogP contribution in [-0.4, -0.2) is 55.5 Å². The maximum atomic E-state index is 13.1. The number of nitrogens with zero attached hydrogens (tertiary/aromatic N) is 2. The van der Waals surface area contributed by atoms with E-state index in [9.17, 15) is 9.18 Å². The minimum Gasteiger partial charge on any atom is -0.347 e. The van der Waals surface area contributed by atoms with E-state index in [2.05, 4.69) is 17.1 Å². The van der Waals surface area contributed by atoms with E-state index >= 15 is 0 Å². The van der Waals surface area contributed by atoms with Crippen LogP contribution in [0, 0.1) is 5.82 Å². The lowest BCUT2D eigenvalue weighted by Gasteiger charge is -2.41. The molecule has 1 aliphatic rings. The highest BCUT2D eigenvalue weighted by molar-refractivity contribution is 5.81. The molecule has 1 saturated heterocycles. The Balaban J connectivity index is 2.25. The first-order valence-electron chi connectivity index (χ1n) is 7.47. The second-order valence-electron chi connectivity index (χ2n) is 5.67. The van der Waals surface area contributed by atoms with Crippen LogP contribution in [0.3, 0.4) is 0 Å². The number of nitrogens with one attached hydrogen (secondary N) is 1. The Morgan fingerprint density at radius 1 is 1.43 bits per heavy atom. The van der Waals surface area contributed by atoms with Crippen molar-refractivity contribution in [2.24, 2.45) is 0 Å². The summed E-state index contributed by atoms with van der Waals surface area (Å²) in [5.41, 5.74) is 1.07. The molecular formula is C16H24FN3O. The smallest absolute Gasteiger partial charge is 0.240 e. The summed E-state index contributed by atoms with van der Waals surface area (Å²) in [5, 5.41) is 3.29. The molecule has 21 heavy (non-hydrogen) atoms. The molecule has 1 heterocycles. The molecule has 116 valence electrons. The van der Waals surface area contributed by atoms with Gasteiger partial charge in [-0.25, -0.2) is 4.39 Å². The van der Waals surface area contributed by atoms with E-state index in [1.165, 1.54) is 12.1 Å². The third kappa shape index (κ3) is 3.60. The average molecular weight is 293 g/mol. The number of carbonyl (C=O) groups is 1. The number of amides is 1. The minimum atomic E-state index is -0.227. The molecule has 1 amide bonds. The molecule has 5 heteroatoms. The van der Waals surface area contributed by atoms with Crippen LogP contribution in [0.5, 0.6) is 0 Å². The zero-order valence-electron chi connectivity index (χ0n) is 13.0. The molecule has 1 fully saturated rings. The maximum absolute atomic E-state index is 13.1. The molecule has 1 aromatic rings. The molecule has 1 aromatic carbocycles. The van der Waals surface area contributed by atoms with Crippen LogP contribution >= 0.6 is 0 Å². The highest BCUT2D eigenvalue weighted by Gasteiger charge is 2.34. The van der Waals surface area contributed by atoms with Crippen molar-refractivity contribution in [3.63, 3.8) is 0 Å². The zero-order chi connectivity index (χ0) is 15.4. The van der Waals surface area contributed by atoms with Crippen molar-refractivity contribution in [3.05, 3.63) is 35.6 Å². The van der Waals surface area contributed by atoms with E-state index in [0.29, 0.717) is 6.54 Å². The van der Waals surface area contributed by atoms with Crippen LogP contribution in [-0.2, 0) is 4.79 Å². The minimum absolute atomic E-state index is 0.114. The highest BCUT2D eigenvalue weighted by Crippen LogP contribution is 2.27. The summed E-state index contributed by atoms with van der Waals surface area (Å²) >= 11 is 0. The quantitative estimate of drug-likeness (QED) is 0.916. The number of hydrogen-bond donors (Lipinski definition) is 1. The van der Waals surface area contributed by atoms with Gasteiger partial charge in [-0.15, -0.1) is 0 Å². The Kier molecular flexibility index (Phi) is 5.31. The maximum Gasteiger partial charge on any atom is 0.240 e. The van der Waals surface area contributed by atoms with Gasteiger partial charge in [-0.3, -0.25) is 9.69 Å². The number of benzene rings is 1. The van der Waals surface area contributed by atoms with Crippen molar-refractivity contribution in [1.29, 1.82) is 0 Å². The molecule has 0 saturated carbocycles. The Labute approximate surface area is 125 Å². The van der Waals surface area contributed by atoms with Crippen molar-refractivity contribution in [2.75, 3.05) is 33.7 Å². The molecule has 2 rings (SSSR count). The van der Waals surface area contributed by atoms with Crippen molar-refractivity contribution in [2.45, 2.75) is 25.4 Å². The molecule has 1 aliphatic heterocycles. The van der Waals surface area contributed by atoms with Gasteiger partial charge in [-0.05, 0) is 24.1 Å². The molecule has 0 aromatic heterocycles. The fraction of sp³-hybridized carbons (Fsp3) is 0.562. The summed E-state index contributed by atoms with van der Waals surface area (Å²) in [6.45, 7) is 4.46. The van der Waals surface area contributed by atoms with E-state index in [4.69, 9.17) is 0 Å². The van der Waals surface area contributed by atoms with Gasteiger partial charge in [0.1, 0.15) is 11.9 Å². The SMILES string of the molecule is CCC(c1ccc(F)cc1)N1CCNCC1C(=O)N(C)C. The zero-order valence-corrected chi connectivity index (χ0v) is 13.0. The van der Waals surface area contributed by atoms with E-state index in [1.54, 1.807) is 19.0 Å². The molecule has 0 bridgehead atoms. The molecular weight excluding hydrogens is 269 g/mol. The van der Waals surface area contributed by atoms with Crippen molar-refractivity contribution in [3.8, 4) is 0 Å². The van der Waals surface area contributed by atoms with Crippen molar-refractivity contribution in [1.82, 2.24) is 15.1 Å². The Hall–Kier alpha value is -1.46. The summed E-state index contributed by atoms with van der Waals surface area (Å²) in [5.74, 6) is -0.113. The third-order valence-electron chi connectivity index (χ3n) is 4.05. The third-order valence-corrected chi connectivity index (χ3v) is 4.05. The average Bonchev–Trinajstić information content (AvgIpc) is 2.49. The topological polar surface area (TPSA) is 35.6 Å². The first-order valence-corrected chi connectivity index (χ1v) is 7.47.